The highest BCUT2D eigenvalue weighted by Gasteiger charge is 2.53. The molecule has 9 heteroatoms. The molecule has 0 aromatic heterocycles. The first-order valence-corrected chi connectivity index (χ1v) is 15.1. The Kier molecular flexibility index (Phi) is 10.1. The number of carbonyl (C=O) groups is 1. The van der Waals surface area contributed by atoms with Crippen LogP contribution < -0.4 is 10.1 Å². The summed E-state index contributed by atoms with van der Waals surface area (Å²) in [5.41, 5.74) is 12.6. The van der Waals surface area contributed by atoms with Gasteiger partial charge in [-0.05, 0) is 58.0 Å². The van der Waals surface area contributed by atoms with Crippen LogP contribution in [0, 0.1) is 5.92 Å². The Bertz CT molecular complexity index is 1670. The Morgan fingerprint density at radius 1 is 0.978 bits per heavy atom. The van der Waals surface area contributed by atoms with Crippen LogP contribution >= 0.6 is 0 Å². The lowest BCUT2D eigenvalue weighted by molar-refractivity contribution is -0.129. The summed E-state index contributed by atoms with van der Waals surface area (Å²) in [5.74, 6) is 0.926. The Morgan fingerprint density at radius 2 is 1.64 bits per heavy atom. The van der Waals surface area contributed by atoms with E-state index in [4.69, 9.17) is 19.6 Å². The lowest BCUT2D eigenvalue weighted by atomic mass is 9.81. The van der Waals surface area contributed by atoms with Crippen LogP contribution in [0.3, 0.4) is 0 Å². The minimum Gasteiger partial charge on any atom is -0.494 e. The molecule has 0 aliphatic carbocycles. The summed E-state index contributed by atoms with van der Waals surface area (Å²) in [5, 5.41) is 16.1. The van der Waals surface area contributed by atoms with Crippen molar-refractivity contribution in [2.45, 2.75) is 38.3 Å². The van der Waals surface area contributed by atoms with E-state index in [1.54, 1.807) is 12.1 Å². The van der Waals surface area contributed by atoms with Gasteiger partial charge in [-0.1, -0.05) is 97.8 Å². The summed E-state index contributed by atoms with van der Waals surface area (Å²) in [4.78, 5) is 22.4. The van der Waals surface area contributed by atoms with Crippen LogP contribution in [0.2, 0.25) is 0 Å². The standard InChI is InChI=1S/C36H37N5O4/c1-25(2)24-38-35(43)36(23-30-11-6-7-12-32(30)40-41-37)33(28-15-13-27(14-16-28)26-9-4-3-5-10-26)45-34(39-36)29-17-19-31(20-18-29)44-22-8-21-42/h3-7,9-20,25,33,42H,8,21-24H2,1-2H3,(H,38,43)/t33-,36-/m1/s1. The van der Waals surface area contributed by atoms with Crippen molar-refractivity contribution in [3.63, 3.8) is 0 Å². The van der Waals surface area contributed by atoms with Crippen LogP contribution in [-0.2, 0) is 16.0 Å². The Labute approximate surface area is 263 Å². The number of nitrogens with zero attached hydrogens (tertiary/aromatic N) is 4. The predicted octanol–water partition coefficient (Wildman–Crippen LogP) is 7.33. The summed E-state index contributed by atoms with van der Waals surface area (Å²) in [6.07, 6.45) is -0.0967. The minimum absolute atomic E-state index is 0.0558. The maximum Gasteiger partial charge on any atom is 0.252 e. The van der Waals surface area contributed by atoms with Crippen molar-refractivity contribution >= 4 is 17.5 Å². The van der Waals surface area contributed by atoms with Crippen LogP contribution in [0.25, 0.3) is 21.6 Å². The summed E-state index contributed by atoms with van der Waals surface area (Å²) in [6, 6.07) is 32.6. The fourth-order valence-corrected chi connectivity index (χ4v) is 5.31. The number of aliphatic hydroxyl groups is 1. The van der Waals surface area contributed by atoms with Gasteiger partial charge < -0.3 is 19.9 Å². The normalized spacial score (nSPS) is 17.2. The fourth-order valence-electron chi connectivity index (χ4n) is 5.31. The number of amides is 1. The highest BCUT2D eigenvalue weighted by Crippen LogP contribution is 2.44. The zero-order chi connectivity index (χ0) is 31.6. The van der Waals surface area contributed by atoms with E-state index in [0.717, 1.165) is 16.7 Å². The number of benzene rings is 4. The van der Waals surface area contributed by atoms with Gasteiger partial charge in [0.2, 0.25) is 5.90 Å². The molecule has 4 aromatic carbocycles. The largest absolute Gasteiger partial charge is 0.494 e. The molecule has 5 rings (SSSR count). The van der Waals surface area contributed by atoms with Crippen LogP contribution in [0.15, 0.2) is 113 Å². The lowest BCUT2D eigenvalue weighted by Gasteiger charge is -2.31. The number of carbonyl (C=O) groups excluding carboxylic acids is 1. The number of azide groups is 1. The maximum absolute atomic E-state index is 14.4. The molecule has 0 fully saturated rings. The molecule has 4 aromatic rings. The molecule has 1 amide bonds. The van der Waals surface area contributed by atoms with Gasteiger partial charge in [0.1, 0.15) is 5.75 Å². The van der Waals surface area contributed by atoms with Crippen molar-refractivity contribution in [1.29, 1.82) is 0 Å². The van der Waals surface area contributed by atoms with Gasteiger partial charge in [-0.3, -0.25) is 4.79 Å². The van der Waals surface area contributed by atoms with Crippen molar-refractivity contribution in [3.05, 3.63) is 130 Å². The number of hydrogen-bond donors (Lipinski definition) is 2. The van der Waals surface area contributed by atoms with Crippen LogP contribution in [0.5, 0.6) is 5.75 Å². The first kappa shape index (κ1) is 31.3. The number of hydrogen-bond acceptors (Lipinski definition) is 6. The van der Waals surface area contributed by atoms with Crippen LogP contribution in [-0.4, -0.2) is 42.2 Å². The molecule has 45 heavy (non-hydrogen) atoms. The van der Waals surface area contributed by atoms with Gasteiger partial charge in [0.05, 0.1) is 6.61 Å². The van der Waals surface area contributed by atoms with Gasteiger partial charge >= 0.3 is 0 Å². The van der Waals surface area contributed by atoms with E-state index in [0.29, 0.717) is 48.0 Å². The van der Waals surface area contributed by atoms with E-state index in [9.17, 15) is 10.3 Å². The zero-order valence-electron chi connectivity index (χ0n) is 25.5. The second kappa shape index (κ2) is 14.6. The van der Waals surface area contributed by atoms with Gasteiger partial charge in [0, 0.05) is 42.2 Å². The third-order valence-corrected chi connectivity index (χ3v) is 7.63. The summed E-state index contributed by atoms with van der Waals surface area (Å²) in [6.45, 7) is 4.99. The third kappa shape index (κ3) is 7.34. The summed E-state index contributed by atoms with van der Waals surface area (Å²) in [7, 11) is 0. The summed E-state index contributed by atoms with van der Waals surface area (Å²) < 4.78 is 12.4. The van der Waals surface area contributed by atoms with Crippen molar-refractivity contribution in [2.24, 2.45) is 16.0 Å². The molecule has 230 valence electrons. The molecule has 1 heterocycles. The predicted molar refractivity (Wildman–Crippen MR) is 175 cm³/mol. The molecule has 2 N–H and O–H groups in total. The Hall–Kier alpha value is -5.11. The van der Waals surface area contributed by atoms with Crippen molar-refractivity contribution in [2.75, 3.05) is 19.8 Å². The first-order chi connectivity index (χ1) is 21.9. The highest BCUT2D eigenvalue weighted by atomic mass is 16.5. The number of aliphatic hydroxyl groups excluding tert-OH is 1. The van der Waals surface area contributed by atoms with E-state index < -0.39 is 11.6 Å². The van der Waals surface area contributed by atoms with Crippen molar-refractivity contribution < 1.29 is 19.4 Å². The first-order valence-electron chi connectivity index (χ1n) is 15.1. The topological polar surface area (TPSA) is 129 Å². The maximum atomic E-state index is 14.4. The molecular weight excluding hydrogens is 566 g/mol. The highest BCUT2D eigenvalue weighted by molar-refractivity contribution is 6.01. The number of aliphatic imine (C=N–C) groups is 1. The smallest absolute Gasteiger partial charge is 0.252 e. The monoisotopic (exact) mass is 603 g/mol. The van der Waals surface area contributed by atoms with Crippen molar-refractivity contribution in [3.8, 4) is 16.9 Å². The second-order valence-corrected chi connectivity index (χ2v) is 11.4. The molecule has 1 aliphatic rings. The zero-order valence-corrected chi connectivity index (χ0v) is 25.5. The summed E-state index contributed by atoms with van der Waals surface area (Å²) >= 11 is 0. The molecule has 0 spiro atoms. The van der Waals surface area contributed by atoms with Gasteiger partial charge in [0.15, 0.2) is 11.6 Å². The van der Waals surface area contributed by atoms with Gasteiger partial charge in [-0.25, -0.2) is 4.99 Å². The third-order valence-electron chi connectivity index (χ3n) is 7.63. The van der Waals surface area contributed by atoms with Gasteiger partial charge in [-0.2, -0.15) is 0 Å². The van der Waals surface area contributed by atoms with E-state index in [2.05, 4.69) is 27.5 Å². The second-order valence-electron chi connectivity index (χ2n) is 11.4. The van der Waals surface area contributed by atoms with Crippen LogP contribution in [0.1, 0.15) is 43.1 Å². The molecule has 0 saturated heterocycles. The van der Waals surface area contributed by atoms with Gasteiger partial charge in [0.25, 0.3) is 5.91 Å². The molecule has 0 radical (unpaired) electrons. The number of rotatable bonds is 13. The van der Waals surface area contributed by atoms with E-state index in [1.807, 2.05) is 92.7 Å². The Morgan fingerprint density at radius 3 is 2.33 bits per heavy atom. The Balaban J connectivity index is 1.60. The molecule has 2 atom stereocenters. The lowest BCUT2D eigenvalue weighted by Crippen LogP contribution is -2.50. The quantitative estimate of drug-likeness (QED) is 0.0717. The van der Waals surface area contributed by atoms with Crippen LogP contribution in [0.4, 0.5) is 5.69 Å². The van der Waals surface area contributed by atoms with Crippen molar-refractivity contribution in [1.82, 2.24) is 5.32 Å². The van der Waals surface area contributed by atoms with E-state index in [-0.39, 0.29) is 24.9 Å². The molecule has 0 unspecified atom stereocenters. The molecule has 9 nitrogen and oxygen atoms in total. The minimum atomic E-state index is -1.41. The molecule has 0 bridgehead atoms. The van der Waals surface area contributed by atoms with E-state index in [1.165, 1.54) is 0 Å². The molecular formula is C36H37N5O4. The average Bonchev–Trinajstić information content (AvgIpc) is 3.46. The van der Waals surface area contributed by atoms with E-state index >= 15 is 0 Å². The van der Waals surface area contributed by atoms with Gasteiger partial charge in [-0.15, -0.1) is 0 Å². The number of nitrogens with one attached hydrogen (secondary N) is 1. The molecule has 0 saturated carbocycles. The fraction of sp³-hybridized carbons (Fsp3) is 0.278. The average molecular weight is 604 g/mol. The SMILES string of the molecule is CC(C)CNC(=O)[C@]1(Cc2ccccc2N=[N+]=[N-])N=C(c2ccc(OCCCO)cc2)O[C@@H]1c1ccc(-c2ccccc2)cc1. The number of ether oxygens (including phenoxy) is 2. The molecule has 1 aliphatic heterocycles.